The molecule has 0 unspecified atom stereocenters. The van der Waals surface area contributed by atoms with Crippen LogP contribution in [0.15, 0.2) is 45.3 Å². The fraction of sp³-hybridized carbons (Fsp3) is 0.211. The molecule has 0 N–H and O–H groups in total. The van der Waals surface area contributed by atoms with Gasteiger partial charge in [0.25, 0.3) is 5.91 Å². The summed E-state index contributed by atoms with van der Waals surface area (Å²) in [5.41, 5.74) is 4.67. The molecule has 0 aliphatic rings. The number of furan rings is 1. The van der Waals surface area contributed by atoms with Crippen molar-refractivity contribution in [2.24, 2.45) is 0 Å². The maximum atomic E-state index is 12.9. The summed E-state index contributed by atoms with van der Waals surface area (Å²) in [5, 5.41) is 0.956. The van der Waals surface area contributed by atoms with Gasteiger partial charge in [0.2, 0.25) is 0 Å². The minimum Gasteiger partial charge on any atom is -0.451 e. The van der Waals surface area contributed by atoms with E-state index in [1.807, 2.05) is 57.2 Å². The van der Waals surface area contributed by atoms with Crippen LogP contribution in [0.2, 0.25) is 0 Å². The van der Waals surface area contributed by atoms with E-state index in [0.717, 1.165) is 37.8 Å². The fourth-order valence-electron chi connectivity index (χ4n) is 2.74. The molecule has 0 fully saturated rings. The highest BCUT2D eigenvalue weighted by molar-refractivity contribution is 9.10. The fourth-order valence-corrected chi connectivity index (χ4v) is 3.10. The Morgan fingerprint density at radius 1 is 1.09 bits per heavy atom. The Hall–Kier alpha value is -2.07. The van der Waals surface area contributed by atoms with Crippen LogP contribution in [0, 0.1) is 20.8 Å². The first kappa shape index (κ1) is 15.8. The number of amides is 1. The first-order valence-electron chi connectivity index (χ1n) is 7.42. The van der Waals surface area contributed by atoms with Gasteiger partial charge >= 0.3 is 0 Å². The zero-order chi connectivity index (χ0) is 16.7. The van der Waals surface area contributed by atoms with E-state index in [-0.39, 0.29) is 5.91 Å². The first-order valence-corrected chi connectivity index (χ1v) is 8.21. The number of aryl methyl sites for hydroxylation is 3. The van der Waals surface area contributed by atoms with E-state index in [1.54, 1.807) is 11.9 Å². The summed E-state index contributed by atoms with van der Waals surface area (Å²) < 4.78 is 6.78. The molecule has 1 amide bonds. The maximum Gasteiger partial charge on any atom is 0.294 e. The van der Waals surface area contributed by atoms with Crippen molar-refractivity contribution in [1.29, 1.82) is 0 Å². The normalized spacial score (nSPS) is 11.0. The molecule has 1 heterocycles. The number of hydrogen-bond acceptors (Lipinski definition) is 2. The van der Waals surface area contributed by atoms with E-state index in [2.05, 4.69) is 15.9 Å². The third-order valence-electron chi connectivity index (χ3n) is 4.12. The summed E-state index contributed by atoms with van der Waals surface area (Å²) in [7, 11) is 1.78. The second kappa shape index (κ2) is 5.85. The van der Waals surface area contributed by atoms with Gasteiger partial charge in [0.05, 0.1) is 0 Å². The van der Waals surface area contributed by atoms with Gasteiger partial charge < -0.3 is 9.32 Å². The molecule has 0 bridgehead atoms. The number of halogens is 1. The molecule has 2 aromatic carbocycles. The monoisotopic (exact) mass is 371 g/mol. The number of hydrogen-bond donors (Lipinski definition) is 0. The number of nitrogens with zero attached hydrogens (tertiary/aromatic N) is 1. The molecular formula is C19H18BrNO2. The van der Waals surface area contributed by atoms with Crippen LogP contribution in [-0.2, 0) is 0 Å². The summed E-state index contributed by atoms with van der Waals surface area (Å²) in [6.45, 7) is 5.94. The molecular weight excluding hydrogens is 354 g/mol. The smallest absolute Gasteiger partial charge is 0.294 e. The number of rotatable bonds is 2. The molecule has 3 nitrogen and oxygen atoms in total. The van der Waals surface area contributed by atoms with Gasteiger partial charge in [0.15, 0.2) is 5.76 Å². The molecule has 3 aromatic rings. The van der Waals surface area contributed by atoms with Crippen LogP contribution in [0.5, 0.6) is 0 Å². The van der Waals surface area contributed by atoms with Crippen molar-refractivity contribution in [3.8, 4) is 0 Å². The molecule has 0 atom stereocenters. The van der Waals surface area contributed by atoms with E-state index in [4.69, 9.17) is 4.42 Å². The van der Waals surface area contributed by atoms with Gasteiger partial charge in [-0.15, -0.1) is 0 Å². The van der Waals surface area contributed by atoms with Crippen molar-refractivity contribution >= 4 is 38.5 Å². The van der Waals surface area contributed by atoms with Gasteiger partial charge in [-0.25, -0.2) is 0 Å². The molecule has 1 aromatic heterocycles. The van der Waals surface area contributed by atoms with Crippen molar-refractivity contribution in [3.63, 3.8) is 0 Å². The molecule has 0 saturated heterocycles. The van der Waals surface area contributed by atoms with E-state index in [1.165, 1.54) is 0 Å². The predicted octanol–water partition coefficient (Wildman–Crippen LogP) is 5.40. The number of benzene rings is 2. The molecule has 0 aliphatic carbocycles. The van der Waals surface area contributed by atoms with Crippen LogP contribution in [0.3, 0.4) is 0 Å². The van der Waals surface area contributed by atoms with E-state index >= 15 is 0 Å². The minimum absolute atomic E-state index is 0.136. The molecule has 0 radical (unpaired) electrons. The van der Waals surface area contributed by atoms with Gasteiger partial charge in [0.1, 0.15) is 5.58 Å². The van der Waals surface area contributed by atoms with E-state index in [9.17, 15) is 4.79 Å². The van der Waals surface area contributed by atoms with Crippen molar-refractivity contribution in [3.05, 3.63) is 63.3 Å². The molecule has 4 heteroatoms. The molecule has 23 heavy (non-hydrogen) atoms. The van der Waals surface area contributed by atoms with E-state index in [0.29, 0.717) is 5.76 Å². The standard InChI is InChI=1S/C19H18BrNO2/c1-11-5-6-12(2)16(9-11)21(4)19(22)18-13(3)15-10-14(20)7-8-17(15)23-18/h5-10H,1-4H3. The summed E-state index contributed by atoms with van der Waals surface area (Å²) in [6.07, 6.45) is 0. The lowest BCUT2D eigenvalue weighted by molar-refractivity contribution is 0.0967. The highest BCUT2D eigenvalue weighted by Crippen LogP contribution is 2.30. The highest BCUT2D eigenvalue weighted by atomic mass is 79.9. The second-order valence-electron chi connectivity index (χ2n) is 5.85. The number of fused-ring (bicyclic) bond motifs is 1. The quantitative estimate of drug-likeness (QED) is 0.604. The lowest BCUT2D eigenvalue weighted by Crippen LogP contribution is -2.27. The predicted molar refractivity (Wildman–Crippen MR) is 97.3 cm³/mol. The lowest BCUT2D eigenvalue weighted by Gasteiger charge is -2.19. The highest BCUT2D eigenvalue weighted by Gasteiger charge is 2.23. The van der Waals surface area contributed by atoms with Crippen LogP contribution < -0.4 is 4.90 Å². The van der Waals surface area contributed by atoms with E-state index < -0.39 is 0 Å². The summed E-state index contributed by atoms with van der Waals surface area (Å²) >= 11 is 3.46. The maximum absolute atomic E-state index is 12.9. The Balaban J connectivity index is 2.06. The van der Waals surface area contributed by atoms with Crippen LogP contribution in [-0.4, -0.2) is 13.0 Å². The van der Waals surface area contributed by atoms with Crippen LogP contribution in [0.1, 0.15) is 27.2 Å². The molecule has 0 spiro atoms. The van der Waals surface area contributed by atoms with Crippen LogP contribution >= 0.6 is 15.9 Å². The van der Waals surface area contributed by atoms with Gasteiger partial charge in [-0.3, -0.25) is 4.79 Å². The molecule has 0 aliphatic heterocycles. The minimum atomic E-state index is -0.136. The van der Waals surface area contributed by atoms with Gasteiger partial charge in [-0.05, 0) is 56.2 Å². The summed E-state index contributed by atoms with van der Waals surface area (Å²) in [6, 6.07) is 11.8. The van der Waals surface area contributed by atoms with Crippen molar-refractivity contribution in [1.82, 2.24) is 0 Å². The average molecular weight is 372 g/mol. The molecule has 118 valence electrons. The van der Waals surface area contributed by atoms with Crippen molar-refractivity contribution in [2.75, 3.05) is 11.9 Å². The van der Waals surface area contributed by atoms with Crippen molar-refractivity contribution < 1.29 is 9.21 Å². The van der Waals surface area contributed by atoms with Crippen LogP contribution in [0.4, 0.5) is 5.69 Å². The number of carbonyl (C=O) groups is 1. The SMILES string of the molecule is Cc1ccc(C)c(N(C)C(=O)c2oc3ccc(Br)cc3c2C)c1. The Kier molecular flexibility index (Phi) is 4.02. The zero-order valence-corrected chi connectivity index (χ0v) is 15.2. The lowest BCUT2D eigenvalue weighted by atomic mass is 10.1. The Morgan fingerprint density at radius 3 is 2.57 bits per heavy atom. The Labute approximate surface area is 144 Å². The third-order valence-corrected chi connectivity index (χ3v) is 4.62. The second-order valence-corrected chi connectivity index (χ2v) is 6.77. The Morgan fingerprint density at radius 2 is 1.83 bits per heavy atom. The topological polar surface area (TPSA) is 33.5 Å². The zero-order valence-electron chi connectivity index (χ0n) is 13.6. The van der Waals surface area contributed by atoms with Gasteiger partial charge in [-0.2, -0.15) is 0 Å². The van der Waals surface area contributed by atoms with Crippen LogP contribution in [0.25, 0.3) is 11.0 Å². The number of anilines is 1. The van der Waals surface area contributed by atoms with Crippen molar-refractivity contribution in [2.45, 2.75) is 20.8 Å². The molecule has 0 saturated carbocycles. The molecule has 3 rings (SSSR count). The largest absolute Gasteiger partial charge is 0.451 e. The van der Waals surface area contributed by atoms with Gasteiger partial charge in [0, 0.05) is 28.2 Å². The van der Waals surface area contributed by atoms with Gasteiger partial charge in [-0.1, -0.05) is 28.1 Å². The Bertz CT molecular complexity index is 911. The first-order chi connectivity index (χ1) is 10.9. The average Bonchev–Trinajstić information content (AvgIpc) is 2.85. The third kappa shape index (κ3) is 2.79. The summed E-state index contributed by atoms with van der Waals surface area (Å²) in [5.74, 6) is 0.255. The number of carbonyl (C=O) groups excluding carboxylic acids is 1. The summed E-state index contributed by atoms with van der Waals surface area (Å²) in [4.78, 5) is 14.6.